The third-order valence-corrected chi connectivity index (χ3v) is 3.24. The van der Waals surface area contributed by atoms with E-state index in [1.807, 2.05) is 45.2 Å². The summed E-state index contributed by atoms with van der Waals surface area (Å²) in [5.74, 6) is 1.53. The van der Waals surface area contributed by atoms with Crippen LogP contribution in [0.3, 0.4) is 0 Å². The molecule has 0 aliphatic heterocycles. The predicted molar refractivity (Wildman–Crippen MR) is 81.9 cm³/mol. The number of nitrogens with zero attached hydrogens (tertiary/aromatic N) is 4. The molecule has 1 N–H and O–H groups in total. The Morgan fingerprint density at radius 2 is 2.05 bits per heavy atom. The SMILES string of the molecule is CCOc1ccccc1Nc1ncnc2c1c(C)nn2C. The topological polar surface area (TPSA) is 64.9 Å². The molecule has 0 aliphatic rings. The number of aromatic nitrogens is 4. The van der Waals surface area contributed by atoms with Crippen molar-refractivity contribution in [3.63, 3.8) is 0 Å². The van der Waals surface area contributed by atoms with Crippen molar-refractivity contribution in [2.75, 3.05) is 11.9 Å². The summed E-state index contributed by atoms with van der Waals surface area (Å²) in [6.45, 7) is 4.53. The summed E-state index contributed by atoms with van der Waals surface area (Å²) in [4.78, 5) is 8.63. The molecule has 2 heterocycles. The molecule has 21 heavy (non-hydrogen) atoms. The van der Waals surface area contributed by atoms with Gasteiger partial charge < -0.3 is 10.1 Å². The van der Waals surface area contributed by atoms with Crippen molar-refractivity contribution in [2.45, 2.75) is 13.8 Å². The van der Waals surface area contributed by atoms with E-state index in [9.17, 15) is 0 Å². The van der Waals surface area contributed by atoms with Gasteiger partial charge in [0.25, 0.3) is 0 Å². The van der Waals surface area contributed by atoms with Crippen LogP contribution >= 0.6 is 0 Å². The third-order valence-electron chi connectivity index (χ3n) is 3.24. The summed E-state index contributed by atoms with van der Waals surface area (Å²) >= 11 is 0. The molecule has 1 aromatic carbocycles. The fourth-order valence-corrected chi connectivity index (χ4v) is 2.35. The zero-order valence-electron chi connectivity index (χ0n) is 12.3. The van der Waals surface area contributed by atoms with Crippen molar-refractivity contribution in [2.24, 2.45) is 7.05 Å². The third kappa shape index (κ3) is 2.40. The van der Waals surface area contributed by atoms with Crippen molar-refractivity contribution in [3.05, 3.63) is 36.3 Å². The van der Waals surface area contributed by atoms with Gasteiger partial charge in [0.2, 0.25) is 0 Å². The molecule has 6 nitrogen and oxygen atoms in total. The number of rotatable bonds is 4. The van der Waals surface area contributed by atoms with Gasteiger partial charge in [-0.3, -0.25) is 4.68 Å². The lowest BCUT2D eigenvalue weighted by atomic mass is 10.2. The summed E-state index contributed by atoms with van der Waals surface area (Å²) in [5.41, 5.74) is 2.57. The lowest BCUT2D eigenvalue weighted by Crippen LogP contribution is -2.00. The molecule has 0 spiro atoms. The van der Waals surface area contributed by atoms with E-state index in [4.69, 9.17) is 4.74 Å². The number of aryl methyl sites for hydroxylation is 2. The highest BCUT2D eigenvalue weighted by Gasteiger charge is 2.13. The first-order valence-corrected chi connectivity index (χ1v) is 6.84. The summed E-state index contributed by atoms with van der Waals surface area (Å²) in [6.07, 6.45) is 1.54. The zero-order valence-corrected chi connectivity index (χ0v) is 12.3. The van der Waals surface area contributed by atoms with Gasteiger partial charge in [0.15, 0.2) is 5.65 Å². The normalized spacial score (nSPS) is 10.8. The van der Waals surface area contributed by atoms with Gasteiger partial charge in [-0.15, -0.1) is 0 Å². The van der Waals surface area contributed by atoms with Gasteiger partial charge >= 0.3 is 0 Å². The lowest BCUT2D eigenvalue weighted by Gasteiger charge is -2.12. The van der Waals surface area contributed by atoms with Crippen LogP contribution in [0.25, 0.3) is 11.0 Å². The second kappa shape index (κ2) is 5.40. The van der Waals surface area contributed by atoms with Gasteiger partial charge in [-0.05, 0) is 26.0 Å². The molecule has 0 bridgehead atoms. The fourth-order valence-electron chi connectivity index (χ4n) is 2.35. The van der Waals surface area contributed by atoms with E-state index in [-0.39, 0.29) is 0 Å². The zero-order chi connectivity index (χ0) is 14.8. The molecule has 3 aromatic rings. The van der Waals surface area contributed by atoms with Crippen molar-refractivity contribution in [1.82, 2.24) is 19.7 Å². The standard InChI is InChI=1S/C15H17N5O/c1-4-21-12-8-6-5-7-11(12)18-14-13-10(2)19-20(3)15(13)17-9-16-14/h5-9H,4H2,1-3H3,(H,16,17,18). The van der Waals surface area contributed by atoms with Crippen molar-refractivity contribution in [3.8, 4) is 5.75 Å². The molecule has 108 valence electrons. The van der Waals surface area contributed by atoms with Crippen LogP contribution in [0.5, 0.6) is 5.75 Å². The maximum Gasteiger partial charge on any atom is 0.163 e. The van der Waals surface area contributed by atoms with E-state index in [2.05, 4.69) is 20.4 Å². The summed E-state index contributed by atoms with van der Waals surface area (Å²) in [7, 11) is 1.88. The molecular weight excluding hydrogens is 266 g/mol. The van der Waals surface area contributed by atoms with Crippen LogP contribution in [-0.2, 0) is 7.05 Å². The first kappa shape index (κ1) is 13.4. The number of benzene rings is 1. The van der Waals surface area contributed by atoms with Gasteiger partial charge in [-0.1, -0.05) is 12.1 Å². The Hall–Kier alpha value is -2.63. The molecule has 3 rings (SSSR count). The molecule has 0 unspecified atom stereocenters. The van der Waals surface area contributed by atoms with Crippen LogP contribution < -0.4 is 10.1 Å². The molecule has 0 radical (unpaired) electrons. The molecule has 0 saturated heterocycles. The first-order chi connectivity index (χ1) is 10.2. The van der Waals surface area contributed by atoms with Crippen LogP contribution in [0, 0.1) is 6.92 Å². The monoisotopic (exact) mass is 283 g/mol. The minimum Gasteiger partial charge on any atom is -0.492 e. The Balaban J connectivity index is 2.07. The Bertz CT molecular complexity index is 781. The molecule has 0 aliphatic carbocycles. The number of hydrogen-bond donors (Lipinski definition) is 1. The molecule has 0 atom stereocenters. The number of anilines is 2. The van der Waals surface area contributed by atoms with Gasteiger partial charge in [0.05, 0.1) is 23.4 Å². The molecule has 2 aromatic heterocycles. The van der Waals surface area contributed by atoms with E-state index in [1.165, 1.54) is 6.33 Å². The number of hydrogen-bond acceptors (Lipinski definition) is 5. The first-order valence-electron chi connectivity index (χ1n) is 6.84. The Kier molecular flexibility index (Phi) is 3.43. The van der Waals surface area contributed by atoms with E-state index < -0.39 is 0 Å². The van der Waals surface area contributed by atoms with E-state index in [1.54, 1.807) is 4.68 Å². The maximum absolute atomic E-state index is 5.63. The predicted octanol–water partition coefficient (Wildman–Crippen LogP) is 2.81. The minimum absolute atomic E-state index is 0.615. The summed E-state index contributed by atoms with van der Waals surface area (Å²) < 4.78 is 7.39. The number of fused-ring (bicyclic) bond motifs is 1. The largest absolute Gasteiger partial charge is 0.492 e. The van der Waals surface area contributed by atoms with Crippen LogP contribution in [0.4, 0.5) is 11.5 Å². The second-order valence-electron chi connectivity index (χ2n) is 4.68. The van der Waals surface area contributed by atoms with Gasteiger partial charge in [0, 0.05) is 7.05 Å². The van der Waals surface area contributed by atoms with Crippen LogP contribution in [0.15, 0.2) is 30.6 Å². The van der Waals surface area contributed by atoms with Crippen LogP contribution in [0.1, 0.15) is 12.6 Å². The molecule has 0 amide bonds. The Labute approximate surface area is 122 Å². The number of para-hydroxylation sites is 2. The average Bonchev–Trinajstić information content (AvgIpc) is 2.77. The quantitative estimate of drug-likeness (QED) is 0.797. The second-order valence-corrected chi connectivity index (χ2v) is 4.68. The van der Waals surface area contributed by atoms with Crippen LogP contribution in [-0.4, -0.2) is 26.4 Å². The van der Waals surface area contributed by atoms with E-state index in [0.29, 0.717) is 6.61 Å². The fraction of sp³-hybridized carbons (Fsp3) is 0.267. The van der Waals surface area contributed by atoms with Crippen LogP contribution in [0.2, 0.25) is 0 Å². The van der Waals surface area contributed by atoms with E-state index in [0.717, 1.165) is 34.0 Å². The summed E-state index contributed by atoms with van der Waals surface area (Å²) in [6, 6.07) is 7.80. The van der Waals surface area contributed by atoms with Gasteiger partial charge in [0.1, 0.15) is 17.9 Å². The number of nitrogens with one attached hydrogen (secondary N) is 1. The highest BCUT2D eigenvalue weighted by atomic mass is 16.5. The van der Waals surface area contributed by atoms with Crippen molar-refractivity contribution < 1.29 is 4.74 Å². The maximum atomic E-state index is 5.63. The minimum atomic E-state index is 0.615. The van der Waals surface area contributed by atoms with E-state index >= 15 is 0 Å². The smallest absolute Gasteiger partial charge is 0.163 e. The highest BCUT2D eigenvalue weighted by Crippen LogP contribution is 2.30. The molecule has 0 fully saturated rings. The lowest BCUT2D eigenvalue weighted by molar-refractivity contribution is 0.342. The summed E-state index contributed by atoms with van der Waals surface area (Å²) in [5, 5.41) is 8.64. The van der Waals surface area contributed by atoms with Gasteiger partial charge in [-0.2, -0.15) is 5.10 Å². The highest BCUT2D eigenvalue weighted by molar-refractivity contribution is 5.91. The van der Waals surface area contributed by atoms with Crippen molar-refractivity contribution in [1.29, 1.82) is 0 Å². The molecule has 0 saturated carbocycles. The molecular formula is C15H17N5O. The Morgan fingerprint density at radius 1 is 1.24 bits per heavy atom. The molecule has 6 heteroatoms. The average molecular weight is 283 g/mol. The van der Waals surface area contributed by atoms with Crippen molar-refractivity contribution >= 4 is 22.5 Å². The number of ether oxygens (including phenoxy) is 1. The van der Waals surface area contributed by atoms with Gasteiger partial charge in [-0.25, -0.2) is 9.97 Å². The Morgan fingerprint density at radius 3 is 2.86 bits per heavy atom.